The van der Waals surface area contributed by atoms with Gasteiger partial charge in [-0.1, -0.05) is 41.1 Å². The standard InChI is InChI=1S/C9H7Cl2N/c10-8-5-1-3-7(9(8)11)4-2-6-12/h1,3,5H,6,12H2. The summed E-state index contributed by atoms with van der Waals surface area (Å²) >= 11 is 11.6. The van der Waals surface area contributed by atoms with Gasteiger partial charge in [0.05, 0.1) is 16.6 Å². The van der Waals surface area contributed by atoms with Crippen molar-refractivity contribution in [2.24, 2.45) is 5.73 Å². The van der Waals surface area contributed by atoms with Gasteiger partial charge in [-0.25, -0.2) is 0 Å². The molecule has 0 aromatic heterocycles. The Morgan fingerprint density at radius 1 is 1.33 bits per heavy atom. The first-order valence-electron chi connectivity index (χ1n) is 3.38. The Hall–Kier alpha value is -0.680. The van der Waals surface area contributed by atoms with Gasteiger partial charge in [0.15, 0.2) is 0 Å². The molecule has 0 atom stereocenters. The summed E-state index contributed by atoms with van der Waals surface area (Å²) in [6.45, 7) is 0.322. The van der Waals surface area contributed by atoms with Gasteiger partial charge in [-0.3, -0.25) is 0 Å². The van der Waals surface area contributed by atoms with E-state index < -0.39 is 0 Å². The average molecular weight is 200 g/mol. The van der Waals surface area contributed by atoms with Crippen LogP contribution in [-0.2, 0) is 0 Å². The number of nitrogens with two attached hydrogens (primary N) is 1. The van der Waals surface area contributed by atoms with Gasteiger partial charge in [0, 0.05) is 5.56 Å². The fourth-order valence-corrected chi connectivity index (χ4v) is 1.09. The Bertz CT molecular complexity index is 336. The van der Waals surface area contributed by atoms with Gasteiger partial charge in [-0.15, -0.1) is 0 Å². The first kappa shape index (κ1) is 9.41. The second-order valence-corrected chi connectivity index (χ2v) is 2.89. The van der Waals surface area contributed by atoms with Crippen LogP contribution in [0.2, 0.25) is 10.0 Å². The molecule has 0 aliphatic heterocycles. The second kappa shape index (κ2) is 4.37. The summed E-state index contributed by atoms with van der Waals surface area (Å²) in [6.07, 6.45) is 0. The Morgan fingerprint density at radius 3 is 2.75 bits per heavy atom. The lowest BCUT2D eigenvalue weighted by Crippen LogP contribution is -1.93. The topological polar surface area (TPSA) is 26.0 Å². The maximum atomic E-state index is 5.85. The molecular weight excluding hydrogens is 193 g/mol. The molecule has 1 nitrogen and oxygen atoms in total. The third-order valence-corrected chi connectivity index (χ3v) is 2.10. The third-order valence-electron chi connectivity index (χ3n) is 1.28. The summed E-state index contributed by atoms with van der Waals surface area (Å²) < 4.78 is 0. The van der Waals surface area contributed by atoms with Crippen LogP contribution in [0.3, 0.4) is 0 Å². The van der Waals surface area contributed by atoms with Crippen LogP contribution in [0.5, 0.6) is 0 Å². The molecule has 62 valence electrons. The van der Waals surface area contributed by atoms with E-state index >= 15 is 0 Å². The van der Waals surface area contributed by atoms with Crippen LogP contribution in [0.25, 0.3) is 0 Å². The van der Waals surface area contributed by atoms with Crippen LogP contribution < -0.4 is 5.73 Å². The molecule has 1 rings (SSSR count). The molecule has 0 amide bonds. The highest BCUT2D eigenvalue weighted by Crippen LogP contribution is 2.24. The van der Waals surface area contributed by atoms with Crippen molar-refractivity contribution in [3.63, 3.8) is 0 Å². The molecule has 0 heterocycles. The smallest absolute Gasteiger partial charge is 0.0748 e. The average Bonchev–Trinajstić information content (AvgIpc) is 2.08. The van der Waals surface area contributed by atoms with Gasteiger partial charge >= 0.3 is 0 Å². The SMILES string of the molecule is NCC#Cc1cccc(Cl)c1Cl. The molecule has 0 aliphatic carbocycles. The zero-order chi connectivity index (χ0) is 8.97. The van der Waals surface area contributed by atoms with E-state index in [9.17, 15) is 0 Å². The van der Waals surface area contributed by atoms with E-state index in [0.717, 1.165) is 5.56 Å². The minimum Gasteiger partial charge on any atom is -0.320 e. The number of rotatable bonds is 0. The summed E-state index contributed by atoms with van der Waals surface area (Å²) in [7, 11) is 0. The van der Waals surface area contributed by atoms with Crippen molar-refractivity contribution in [2.45, 2.75) is 0 Å². The summed E-state index contributed by atoms with van der Waals surface area (Å²) in [5.74, 6) is 5.53. The molecule has 0 unspecified atom stereocenters. The molecule has 0 spiro atoms. The lowest BCUT2D eigenvalue weighted by Gasteiger charge is -1.96. The largest absolute Gasteiger partial charge is 0.320 e. The lowest BCUT2D eigenvalue weighted by molar-refractivity contribution is 1.30. The van der Waals surface area contributed by atoms with Gasteiger partial charge < -0.3 is 5.73 Å². The summed E-state index contributed by atoms with van der Waals surface area (Å²) in [6, 6.07) is 5.32. The van der Waals surface area contributed by atoms with E-state index in [1.165, 1.54) is 0 Å². The molecule has 12 heavy (non-hydrogen) atoms. The van der Waals surface area contributed by atoms with E-state index in [1.807, 2.05) is 0 Å². The maximum absolute atomic E-state index is 5.85. The molecule has 2 N–H and O–H groups in total. The van der Waals surface area contributed by atoms with Crippen molar-refractivity contribution in [3.8, 4) is 11.8 Å². The Morgan fingerprint density at radius 2 is 2.08 bits per heavy atom. The summed E-state index contributed by atoms with van der Waals surface area (Å²) in [4.78, 5) is 0. The third kappa shape index (κ3) is 2.15. The first-order chi connectivity index (χ1) is 5.75. The van der Waals surface area contributed by atoms with E-state index in [4.69, 9.17) is 28.9 Å². The summed E-state index contributed by atoms with van der Waals surface area (Å²) in [5, 5.41) is 1.00. The van der Waals surface area contributed by atoms with Gasteiger partial charge in [0.1, 0.15) is 0 Å². The van der Waals surface area contributed by atoms with Crippen LogP contribution in [0.15, 0.2) is 18.2 Å². The summed E-state index contributed by atoms with van der Waals surface area (Å²) in [5.41, 5.74) is 5.93. The van der Waals surface area contributed by atoms with E-state index in [-0.39, 0.29) is 0 Å². The molecule has 1 aromatic carbocycles. The van der Waals surface area contributed by atoms with Crippen LogP contribution in [0.4, 0.5) is 0 Å². The quantitative estimate of drug-likeness (QED) is 0.639. The Labute approximate surface area is 81.5 Å². The van der Waals surface area contributed by atoms with E-state index in [1.54, 1.807) is 18.2 Å². The van der Waals surface area contributed by atoms with Crippen LogP contribution in [-0.4, -0.2) is 6.54 Å². The highest BCUT2D eigenvalue weighted by molar-refractivity contribution is 6.42. The van der Waals surface area contributed by atoms with Gasteiger partial charge in [0.2, 0.25) is 0 Å². The van der Waals surface area contributed by atoms with Gasteiger partial charge in [-0.2, -0.15) is 0 Å². The van der Waals surface area contributed by atoms with Gasteiger partial charge in [0.25, 0.3) is 0 Å². The molecule has 0 aliphatic rings. The van der Waals surface area contributed by atoms with Gasteiger partial charge in [-0.05, 0) is 12.1 Å². The van der Waals surface area contributed by atoms with E-state index in [2.05, 4.69) is 11.8 Å². The van der Waals surface area contributed by atoms with Crippen LogP contribution in [0.1, 0.15) is 5.56 Å². The number of hydrogen-bond acceptors (Lipinski definition) is 1. The lowest BCUT2D eigenvalue weighted by atomic mass is 10.2. The van der Waals surface area contributed by atoms with Crippen molar-refractivity contribution in [1.82, 2.24) is 0 Å². The zero-order valence-electron chi connectivity index (χ0n) is 6.27. The molecular formula is C9H7Cl2N. The minimum absolute atomic E-state index is 0.322. The maximum Gasteiger partial charge on any atom is 0.0748 e. The highest BCUT2D eigenvalue weighted by atomic mass is 35.5. The van der Waals surface area contributed by atoms with Crippen LogP contribution >= 0.6 is 23.2 Å². The Kier molecular flexibility index (Phi) is 3.43. The van der Waals surface area contributed by atoms with Crippen molar-refractivity contribution in [3.05, 3.63) is 33.8 Å². The van der Waals surface area contributed by atoms with E-state index in [0.29, 0.717) is 16.6 Å². The number of halogens is 2. The molecule has 0 fully saturated rings. The van der Waals surface area contributed by atoms with Crippen molar-refractivity contribution < 1.29 is 0 Å². The second-order valence-electron chi connectivity index (χ2n) is 2.11. The van der Waals surface area contributed by atoms with Crippen molar-refractivity contribution in [1.29, 1.82) is 0 Å². The normalized spacial score (nSPS) is 8.92. The fourth-order valence-electron chi connectivity index (χ4n) is 0.747. The Balaban J connectivity index is 3.08. The first-order valence-corrected chi connectivity index (χ1v) is 4.14. The fraction of sp³-hybridized carbons (Fsp3) is 0.111. The van der Waals surface area contributed by atoms with Crippen molar-refractivity contribution >= 4 is 23.2 Å². The molecule has 0 saturated carbocycles. The monoisotopic (exact) mass is 199 g/mol. The minimum atomic E-state index is 0.322. The zero-order valence-corrected chi connectivity index (χ0v) is 7.78. The molecule has 3 heteroatoms. The molecule has 0 radical (unpaired) electrons. The van der Waals surface area contributed by atoms with Crippen molar-refractivity contribution in [2.75, 3.05) is 6.54 Å². The molecule has 0 bridgehead atoms. The molecule has 0 saturated heterocycles. The highest BCUT2D eigenvalue weighted by Gasteiger charge is 1.99. The number of hydrogen-bond donors (Lipinski definition) is 1. The predicted molar refractivity (Wildman–Crippen MR) is 52.4 cm³/mol. The van der Waals surface area contributed by atoms with Crippen LogP contribution in [0, 0.1) is 11.8 Å². The number of benzene rings is 1. The molecule has 1 aromatic rings. The predicted octanol–water partition coefficient (Wildman–Crippen LogP) is 2.30.